The molecule has 0 aliphatic carbocycles. The Morgan fingerprint density at radius 3 is 2.38 bits per heavy atom. The highest BCUT2D eigenvalue weighted by molar-refractivity contribution is 5.78. The van der Waals surface area contributed by atoms with Crippen LogP contribution in [0.3, 0.4) is 0 Å². The van der Waals surface area contributed by atoms with E-state index in [1.54, 1.807) is 6.92 Å². The zero-order chi connectivity index (χ0) is 12.8. The third-order valence-corrected chi connectivity index (χ3v) is 2.21. The van der Waals surface area contributed by atoms with E-state index in [9.17, 15) is 18.0 Å². The molecule has 0 saturated heterocycles. The number of nitrogens with one attached hydrogen (secondary N) is 1. The van der Waals surface area contributed by atoms with Gasteiger partial charge in [0.05, 0.1) is 19.1 Å². The van der Waals surface area contributed by atoms with Gasteiger partial charge in [-0.15, -0.1) is 0 Å². The number of hydrogen-bond donors (Lipinski definition) is 2. The summed E-state index contributed by atoms with van der Waals surface area (Å²) in [7, 11) is 0. The number of hydrogen-bond acceptors (Lipinski definition) is 2. The number of rotatable bonds is 6. The standard InChI is InChI=1S/C10H18F3NO2/c1-3-4-7(2)9(16)14-8(6-15)5-10(11,12)13/h7-8,15H,3-6H2,1-2H3,(H,14,16)/t7?,8-/m1/s1. The molecule has 2 atom stereocenters. The minimum atomic E-state index is -4.38. The Kier molecular flexibility index (Phi) is 6.40. The molecule has 96 valence electrons. The van der Waals surface area contributed by atoms with E-state index < -0.39 is 31.2 Å². The summed E-state index contributed by atoms with van der Waals surface area (Å²) in [5, 5.41) is 10.9. The molecular formula is C10H18F3NO2. The fourth-order valence-corrected chi connectivity index (χ4v) is 1.35. The van der Waals surface area contributed by atoms with E-state index >= 15 is 0 Å². The van der Waals surface area contributed by atoms with Gasteiger partial charge in [-0.05, 0) is 6.42 Å². The fourth-order valence-electron chi connectivity index (χ4n) is 1.35. The van der Waals surface area contributed by atoms with Crippen molar-refractivity contribution < 1.29 is 23.1 Å². The summed E-state index contributed by atoms with van der Waals surface area (Å²) in [5.41, 5.74) is 0. The van der Waals surface area contributed by atoms with Crippen molar-refractivity contribution in [2.45, 2.75) is 45.3 Å². The topological polar surface area (TPSA) is 49.3 Å². The molecule has 0 spiro atoms. The molecule has 0 radical (unpaired) electrons. The minimum absolute atomic E-state index is 0.327. The normalized spacial score (nSPS) is 15.6. The first kappa shape index (κ1) is 15.2. The third kappa shape index (κ3) is 6.66. The highest BCUT2D eigenvalue weighted by Gasteiger charge is 2.32. The maximum absolute atomic E-state index is 12.0. The van der Waals surface area contributed by atoms with Gasteiger partial charge in [0.1, 0.15) is 0 Å². The van der Waals surface area contributed by atoms with Crippen molar-refractivity contribution in [2.24, 2.45) is 5.92 Å². The lowest BCUT2D eigenvalue weighted by atomic mass is 10.0. The summed E-state index contributed by atoms with van der Waals surface area (Å²) in [4.78, 5) is 11.4. The van der Waals surface area contributed by atoms with Crippen molar-refractivity contribution in [3.8, 4) is 0 Å². The summed E-state index contributed by atoms with van der Waals surface area (Å²) in [5.74, 6) is -0.766. The van der Waals surface area contributed by atoms with Crippen molar-refractivity contribution in [1.82, 2.24) is 5.32 Å². The van der Waals surface area contributed by atoms with Gasteiger partial charge >= 0.3 is 6.18 Å². The average Bonchev–Trinajstić information content (AvgIpc) is 2.14. The third-order valence-electron chi connectivity index (χ3n) is 2.21. The summed E-state index contributed by atoms with van der Waals surface area (Å²) in [6.07, 6.45) is -4.17. The Bertz CT molecular complexity index is 219. The molecule has 0 aromatic carbocycles. The number of carbonyl (C=O) groups excluding carboxylic acids is 1. The molecule has 3 nitrogen and oxygen atoms in total. The molecule has 0 aromatic heterocycles. The van der Waals surface area contributed by atoms with E-state index in [4.69, 9.17) is 5.11 Å². The SMILES string of the molecule is CCCC(C)C(=O)N[C@@H](CO)CC(F)(F)F. The monoisotopic (exact) mass is 241 g/mol. The first-order chi connectivity index (χ1) is 7.30. The molecule has 0 aliphatic heterocycles. The Morgan fingerprint density at radius 1 is 1.44 bits per heavy atom. The zero-order valence-electron chi connectivity index (χ0n) is 9.47. The minimum Gasteiger partial charge on any atom is -0.394 e. The summed E-state index contributed by atoms with van der Waals surface area (Å²) in [6.45, 7) is 2.84. The highest BCUT2D eigenvalue weighted by Crippen LogP contribution is 2.21. The van der Waals surface area contributed by atoms with Crippen LogP contribution in [-0.4, -0.2) is 29.8 Å². The van der Waals surface area contributed by atoms with Crippen LogP contribution in [0, 0.1) is 5.92 Å². The van der Waals surface area contributed by atoms with Crippen LogP contribution >= 0.6 is 0 Å². The van der Waals surface area contributed by atoms with Crippen molar-refractivity contribution >= 4 is 5.91 Å². The quantitative estimate of drug-likeness (QED) is 0.745. The number of alkyl halides is 3. The first-order valence-electron chi connectivity index (χ1n) is 5.28. The zero-order valence-corrected chi connectivity index (χ0v) is 9.47. The first-order valence-corrected chi connectivity index (χ1v) is 5.28. The van der Waals surface area contributed by atoms with Crippen LogP contribution in [0.5, 0.6) is 0 Å². The van der Waals surface area contributed by atoms with E-state index in [2.05, 4.69) is 5.32 Å². The van der Waals surface area contributed by atoms with Gasteiger partial charge in [0.15, 0.2) is 0 Å². The predicted octanol–water partition coefficient (Wildman–Crippen LogP) is 1.85. The lowest BCUT2D eigenvalue weighted by molar-refractivity contribution is -0.145. The van der Waals surface area contributed by atoms with Crippen molar-refractivity contribution in [1.29, 1.82) is 0 Å². The maximum atomic E-state index is 12.0. The molecule has 0 rings (SSSR count). The van der Waals surface area contributed by atoms with Crippen molar-refractivity contribution in [3.05, 3.63) is 0 Å². The van der Waals surface area contributed by atoms with Crippen LogP contribution in [0.15, 0.2) is 0 Å². The fraction of sp³-hybridized carbons (Fsp3) is 0.900. The Hall–Kier alpha value is -0.780. The Morgan fingerprint density at radius 2 is 2.00 bits per heavy atom. The molecule has 16 heavy (non-hydrogen) atoms. The van der Waals surface area contributed by atoms with Crippen molar-refractivity contribution in [3.63, 3.8) is 0 Å². The molecule has 0 fully saturated rings. The smallest absolute Gasteiger partial charge is 0.391 e. The summed E-state index contributed by atoms with van der Waals surface area (Å²) >= 11 is 0. The van der Waals surface area contributed by atoms with Gasteiger partial charge in [0.25, 0.3) is 0 Å². The van der Waals surface area contributed by atoms with E-state index in [0.717, 1.165) is 6.42 Å². The van der Waals surface area contributed by atoms with Gasteiger partial charge < -0.3 is 10.4 Å². The molecular weight excluding hydrogens is 223 g/mol. The maximum Gasteiger partial charge on any atom is 0.391 e. The van der Waals surface area contributed by atoms with Gasteiger partial charge in [-0.1, -0.05) is 20.3 Å². The van der Waals surface area contributed by atoms with Gasteiger partial charge in [0.2, 0.25) is 5.91 Å². The van der Waals surface area contributed by atoms with E-state index in [0.29, 0.717) is 6.42 Å². The second-order valence-electron chi connectivity index (χ2n) is 3.90. The summed E-state index contributed by atoms with van der Waals surface area (Å²) < 4.78 is 36.1. The van der Waals surface area contributed by atoms with Crippen LogP contribution in [0.2, 0.25) is 0 Å². The summed E-state index contributed by atoms with van der Waals surface area (Å²) in [6, 6.07) is -1.24. The van der Waals surface area contributed by atoms with Crippen LogP contribution in [0.1, 0.15) is 33.1 Å². The Labute approximate surface area is 93.0 Å². The molecule has 0 saturated carbocycles. The molecule has 2 N–H and O–H groups in total. The molecule has 1 unspecified atom stereocenters. The molecule has 0 heterocycles. The lowest BCUT2D eigenvalue weighted by Crippen LogP contribution is -2.42. The van der Waals surface area contributed by atoms with E-state index in [-0.39, 0.29) is 5.92 Å². The van der Waals surface area contributed by atoms with Crippen LogP contribution in [0.4, 0.5) is 13.2 Å². The van der Waals surface area contributed by atoms with Crippen molar-refractivity contribution in [2.75, 3.05) is 6.61 Å². The molecule has 6 heteroatoms. The molecule has 0 aromatic rings. The van der Waals surface area contributed by atoms with Gasteiger partial charge in [0, 0.05) is 5.92 Å². The van der Waals surface area contributed by atoms with E-state index in [1.165, 1.54) is 0 Å². The molecule has 0 bridgehead atoms. The van der Waals surface area contributed by atoms with Gasteiger partial charge in [-0.2, -0.15) is 13.2 Å². The predicted molar refractivity (Wildman–Crippen MR) is 53.8 cm³/mol. The molecule has 1 amide bonds. The van der Waals surface area contributed by atoms with Gasteiger partial charge in [-0.3, -0.25) is 4.79 Å². The largest absolute Gasteiger partial charge is 0.394 e. The lowest BCUT2D eigenvalue weighted by Gasteiger charge is -2.20. The second kappa shape index (κ2) is 6.73. The second-order valence-corrected chi connectivity index (χ2v) is 3.90. The number of amides is 1. The number of aliphatic hydroxyl groups is 1. The van der Waals surface area contributed by atoms with Crippen LogP contribution in [0.25, 0.3) is 0 Å². The van der Waals surface area contributed by atoms with Crippen LogP contribution < -0.4 is 5.32 Å². The number of aliphatic hydroxyl groups excluding tert-OH is 1. The van der Waals surface area contributed by atoms with E-state index in [1.807, 2.05) is 6.92 Å². The number of halogens is 3. The van der Waals surface area contributed by atoms with Gasteiger partial charge in [-0.25, -0.2) is 0 Å². The van der Waals surface area contributed by atoms with Crippen LogP contribution in [-0.2, 0) is 4.79 Å². The highest BCUT2D eigenvalue weighted by atomic mass is 19.4. The Balaban J connectivity index is 4.16. The number of carbonyl (C=O) groups is 1. The molecule has 0 aliphatic rings. The average molecular weight is 241 g/mol.